The summed E-state index contributed by atoms with van der Waals surface area (Å²) in [7, 11) is 0. The summed E-state index contributed by atoms with van der Waals surface area (Å²) in [6, 6.07) is 12.6. The van der Waals surface area contributed by atoms with Gasteiger partial charge in [0.1, 0.15) is 17.2 Å². The minimum absolute atomic E-state index is 0.211. The Balaban J connectivity index is 2.35. The van der Waals surface area contributed by atoms with Crippen LogP contribution < -0.4 is 0 Å². The zero-order chi connectivity index (χ0) is 34.4. The van der Waals surface area contributed by atoms with E-state index in [9.17, 15) is 15.3 Å². The van der Waals surface area contributed by atoms with Crippen LogP contribution in [0.4, 0.5) is 0 Å². The number of aryl methyl sites for hydroxylation is 3. The third-order valence-electron chi connectivity index (χ3n) is 9.38. The maximum Gasteiger partial charge on any atom is 0.126 e. The van der Waals surface area contributed by atoms with E-state index >= 15 is 0 Å². The molecular weight excluding hydrogens is 588 g/mol. The molecule has 3 rings (SSSR count). The zero-order valence-corrected chi connectivity index (χ0v) is 30.1. The van der Waals surface area contributed by atoms with Crippen LogP contribution in [-0.2, 0) is 58.7 Å². The Morgan fingerprint density at radius 2 is 0.702 bits per heavy atom. The molecule has 1 atom stereocenters. The fraction of sp³-hybridized carbons (Fsp3) is 0.561. The van der Waals surface area contributed by atoms with Crippen molar-refractivity contribution in [3.8, 4) is 17.2 Å². The molecule has 0 bridgehead atoms. The van der Waals surface area contributed by atoms with Gasteiger partial charge in [0.15, 0.2) is 0 Å². The predicted molar refractivity (Wildman–Crippen MR) is 192 cm³/mol. The van der Waals surface area contributed by atoms with Crippen LogP contribution in [0, 0.1) is 0 Å². The van der Waals surface area contributed by atoms with Crippen molar-refractivity contribution in [1.29, 1.82) is 0 Å². The highest BCUT2D eigenvalue weighted by Gasteiger charge is 2.35. The van der Waals surface area contributed by atoms with Crippen LogP contribution in [0.25, 0.3) is 0 Å². The van der Waals surface area contributed by atoms with E-state index in [2.05, 4.69) is 84.9 Å². The van der Waals surface area contributed by atoms with Gasteiger partial charge >= 0.3 is 0 Å². The largest absolute Gasteiger partial charge is 0.507 e. The molecule has 1 unspecified atom stereocenters. The van der Waals surface area contributed by atoms with Crippen LogP contribution in [-0.4, -0.2) is 35.1 Å². The Kier molecular flexibility index (Phi) is 15.6. The predicted octanol–water partition coefficient (Wildman–Crippen LogP) is 9.79. The average molecular weight is 649 g/mol. The summed E-state index contributed by atoms with van der Waals surface area (Å²) in [5.74, 6) is 0.847. The normalized spacial score (nSPS) is 12.8. The second-order valence-electron chi connectivity index (χ2n) is 12.8. The smallest absolute Gasteiger partial charge is 0.126 e. The molecule has 3 N–H and O–H groups in total. The average Bonchev–Trinajstić information content (AvgIpc) is 3.08. The van der Waals surface area contributed by atoms with Crippen molar-refractivity contribution in [2.24, 2.45) is 0 Å². The van der Waals surface area contributed by atoms with Gasteiger partial charge in [-0.05, 0) is 97.0 Å². The fourth-order valence-corrected chi connectivity index (χ4v) is 6.07. The van der Waals surface area contributed by atoms with Gasteiger partial charge in [0.2, 0.25) is 0 Å². The molecule has 6 nitrogen and oxygen atoms in total. The van der Waals surface area contributed by atoms with Crippen molar-refractivity contribution < 1.29 is 29.5 Å². The summed E-state index contributed by atoms with van der Waals surface area (Å²) in [6.07, 6.45) is 8.03. The minimum atomic E-state index is -0.721. The molecule has 0 amide bonds. The Morgan fingerprint density at radius 1 is 0.447 bits per heavy atom. The molecule has 0 spiro atoms. The molecule has 0 heterocycles. The number of rotatable bonds is 21. The maximum absolute atomic E-state index is 11.5. The topological polar surface area (TPSA) is 88.4 Å². The van der Waals surface area contributed by atoms with Gasteiger partial charge in [-0.2, -0.15) is 0 Å². The lowest BCUT2D eigenvalue weighted by atomic mass is 9.68. The number of phenolic OH excluding ortho intramolecular Hbond substituents is 3. The molecule has 47 heavy (non-hydrogen) atoms. The summed E-state index contributed by atoms with van der Waals surface area (Å²) >= 11 is 0. The Labute approximate surface area is 284 Å². The van der Waals surface area contributed by atoms with E-state index in [0.29, 0.717) is 64.7 Å². The van der Waals surface area contributed by atoms with Crippen LogP contribution in [0.5, 0.6) is 17.2 Å². The van der Waals surface area contributed by atoms with Gasteiger partial charge in [0, 0.05) is 41.9 Å². The second-order valence-corrected chi connectivity index (χ2v) is 12.8. The molecule has 3 aromatic rings. The third-order valence-corrected chi connectivity index (χ3v) is 9.38. The lowest BCUT2D eigenvalue weighted by Crippen LogP contribution is -2.27. The molecule has 0 radical (unpaired) electrons. The highest BCUT2D eigenvalue weighted by molar-refractivity contribution is 5.59. The number of aromatic hydroxyl groups is 3. The van der Waals surface area contributed by atoms with Gasteiger partial charge in [-0.25, -0.2) is 0 Å². The quantitative estimate of drug-likeness (QED) is 0.0787. The lowest BCUT2D eigenvalue weighted by Gasteiger charge is -2.35. The van der Waals surface area contributed by atoms with Gasteiger partial charge in [0.25, 0.3) is 0 Å². The molecule has 0 aliphatic carbocycles. The van der Waals surface area contributed by atoms with Crippen LogP contribution in [0.15, 0.2) is 36.4 Å². The van der Waals surface area contributed by atoms with E-state index in [1.54, 1.807) is 0 Å². The van der Waals surface area contributed by atoms with Crippen LogP contribution in [0.2, 0.25) is 0 Å². The van der Waals surface area contributed by atoms with Crippen LogP contribution >= 0.6 is 0 Å². The number of hydrogen-bond donors (Lipinski definition) is 3. The first-order chi connectivity index (χ1) is 22.7. The van der Waals surface area contributed by atoms with Crippen molar-refractivity contribution in [1.82, 2.24) is 0 Å². The van der Waals surface area contributed by atoms with Crippen LogP contribution in [0.1, 0.15) is 137 Å². The monoisotopic (exact) mass is 648 g/mol. The molecule has 0 saturated heterocycles. The van der Waals surface area contributed by atoms with E-state index in [0.717, 1.165) is 88.6 Å². The van der Waals surface area contributed by atoms with Crippen molar-refractivity contribution >= 4 is 0 Å². The van der Waals surface area contributed by atoms with Crippen molar-refractivity contribution in [2.45, 2.75) is 131 Å². The third kappa shape index (κ3) is 9.52. The molecule has 3 aromatic carbocycles. The van der Waals surface area contributed by atoms with Gasteiger partial charge in [-0.1, -0.05) is 79.0 Å². The zero-order valence-electron chi connectivity index (χ0n) is 30.1. The first-order valence-corrected chi connectivity index (χ1v) is 18.0. The molecule has 0 aliphatic rings. The molecule has 0 aliphatic heterocycles. The van der Waals surface area contributed by atoms with Gasteiger partial charge in [-0.3, -0.25) is 0 Å². The summed E-state index contributed by atoms with van der Waals surface area (Å²) < 4.78 is 18.1. The van der Waals surface area contributed by atoms with Gasteiger partial charge in [0.05, 0.1) is 19.8 Å². The van der Waals surface area contributed by atoms with Crippen molar-refractivity contribution in [3.63, 3.8) is 0 Å². The van der Waals surface area contributed by atoms with E-state index in [-0.39, 0.29) is 11.5 Å². The number of ether oxygens (including phenoxy) is 3. The summed E-state index contributed by atoms with van der Waals surface area (Å²) in [5, 5.41) is 33.9. The molecule has 0 fully saturated rings. The van der Waals surface area contributed by atoms with E-state index in [4.69, 9.17) is 14.2 Å². The standard InChI is InChI=1S/C41H60O6/c1-8-14-17-45-26-32-23-36(22-31(13-6)39(32)43)41(7,35-20-29(11-4)38(42)30(12-5)21-35)37-24-33(27-46-18-15-9-2)40(44)34(25-37)28-47-19-16-10-3/h20-25,42-44H,8-19,26-28H2,1-7H3. The van der Waals surface area contributed by atoms with E-state index in [1.807, 2.05) is 0 Å². The highest BCUT2D eigenvalue weighted by Crippen LogP contribution is 2.45. The maximum atomic E-state index is 11.5. The number of hydrogen-bond acceptors (Lipinski definition) is 6. The molecule has 0 saturated carbocycles. The number of unbranched alkanes of at least 4 members (excludes halogenated alkanes) is 3. The van der Waals surface area contributed by atoms with Gasteiger partial charge in [-0.15, -0.1) is 0 Å². The molecule has 260 valence electrons. The summed E-state index contributed by atoms with van der Waals surface area (Å²) in [5.41, 5.74) is 7.17. The van der Waals surface area contributed by atoms with Crippen LogP contribution in [0.3, 0.4) is 0 Å². The number of benzene rings is 3. The fourth-order valence-electron chi connectivity index (χ4n) is 6.07. The molecule has 6 heteroatoms. The SMILES string of the molecule is CCCCOCc1cc(C(C)(c2cc(CC)c(O)c(CC)c2)c2cc(COCCCC)c(O)c(COCCCC)c2)cc(CC)c1O. The first kappa shape index (κ1) is 38.4. The lowest BCUT2D eigenvalue weighted by molar-refractivity contribution is 0.110. The first-order valence-electron chi connectivity index (χ1n) is 18.0. The van der Waals surface area contributed by atoms with Gasteiger partial charge < -0.3 is 29.5 Å². The Hall–Kier alpha value is -3.06. The summed E-state index contributed by atoms with van der Waals surface area (Å²) in [6.45, 7) is 17.6. The Bertz CT molecular complexity index is 1360. The Morgan fingerprint density at radius 3 is 0.979 bits per heavy atom. The van der Waals surface area contributed by atoms with Crippen molar-refractivity contribution in [2.75, 3.05) is 19.8 Å². The van der Waals surface area contributed by atoms with Crippen molar-refractivity contribution in [3.05, 3.63) is 86.5 Å². The van der Waals surface area contributed by atoms with E-state index in [1.165, 1.54) is 0 Å². The highest BCUT2D eigenvalue weighted by atomic mass is 16.5. The second kappa shape index (κ2) is 19.1. The summed E-state index contributed by atoms with van der Waals surface area (Å²) in [4.78, 5) is 0. The van der Waals surface area contributed by atoms with E-state index < -0.39 is 5.41 Å². The minimum Gasteiger partial charge on any atom is -0.507 e. The molecule has 0 aromatic heterocycles. The number of phenols is 3. The molecular formula is C41H60O6.